The first-order chi connectivity index (χ1) is 10.6. The van der Waals surface area contributed by atoms with Gasteiger partial charge in [0.2, 0.25) is 0 Å². The number of cyclic esters (lactones) is 4. The summed E-state index contributed by atoms with van der Waals surface area (Å²) in [6.45, 7) is 0. The third-order valence-corrected chi connectivity index (χ3v) is 3.92. The molecule has 0 N–H and O–H groups in total. The van der Waals surface area contributed by atoms with E-state index in [1.807, 2.05) is 0 Å². The van der Waals surface area contributed by atoms with Crippen LogP contribution in [0.4, 0.5) is 0 Å². The summed E-state index contributed by atoms with van der Waals surface area (Å²) in [4.78, 5) is 46.6. The number of carbonyl (C=O) groups excluding carboxylic acids is 4. The Morgan fingerprint density at radius 1 is 0.818 bits per heavy atom. The maximum absolute atomic E-state index is 11.9. The Kier molecular flexibility index (Phi) is 2.45. The molecule has 0 radical (unpaired) electrons. The molecule has 1 aliphatic carbocycles. The Labute approximate surface area is 124 Å². The van der Waals surface area contributed by atoms with Crippen molar-refractivity contribution in [2.24, 2.45) is 0 Å². The molecule has 0 bridgehead atoms. The number of esters is 4. The molecule has 0 unspecified atom stereocenters. The number of rotatable bonds is 1. The van der Waals surface area contributed by atoms with Gasteiger partial charge in [0, 0.05) is 0 Å². The summed E-state index contributed by atoms with van der Waals surface area (Å²) >= 11 is 0. The highest BCUT2D eigenvalue weighted by Crippen LogP contribution is 2.38. The van der Waals surface area contributed by atoms with Gasteiger partial charge in [-0.25, -0.2) is 19.2 Å². The standard InChI is InChI=1S/C16H8O6/c17-13-9-5-4-7(6-11(9)15(19)21-13)8-2-1-3-10-12(8)16(20)22-14(10)18/h3-6H,1-2H2. The van der Waals surface area contributed by atoms with E-state index < -0.39 is 23.9 Å². The lowest BCUT2D eigenvalue weighted by molar-refractivity contribution is -0.149. The van der Waals surface area contributed by atoms with E-state index in [-0.39, 0.29) is 22.3 Å². The van der Waals surface area contributed by atoms with Crippen molar-refractivity contribution < 1.29 is 28.7 Å². The van der Waals surface area contributed by atoms with Crippen molar-refractivity contribution in [2.45, 2.75) is 12.8 Å². The van der Waals surface area contributed by atoms with Crippen molar-refractivity contribution in [3.05, 3.63) is 52.1 Å². The van der Waals surface area contributed by atoms with E-state index in [9.17, 15) is 19.2 Å². The van der Waals surface area contributed by atoms with Crippen molar-refractivity contribution in [1.82, 2.24) is 0 Å². The summed E-state index contributed by atoms with van der Waals surface area (Å²) in [6.07, 6.45) is 2.82. The Morgan fingerprint density at radius 2 is 1.55 bits per heavy atom. The van der Waals surface area contributed by atoms with E-state index in [0.29, 0.717) is 24.0 Å². The Bertz CT molecular complexity index is 855. The summed E-state index contributed by atoms with van der Waals surface area (Å²) in [5, 5.41) is 0. The van der Waals surface area contributed by atoms with Crippen LogP contribution in [-0.2, 0) is 19.1 Å². The first-order valence-corrected chi connectivity index (χ1v) is 6.67. The van der Waals surface area contributed by atoms with Crippen molar-refractivity contribution in [1.29, 1.82) is 0 Å². The zero-order chi connectivity index (χ0) is 15.4. The molecule has 6 heteroatoms. The van der Waals surface area contributed by atoms with Crippen LogP contribution in [0.1, 0.15) is 39.1 Å². The highest BCUT2D eigenvalue weighted by atomic mass is 16.6. The van der Waals surface area contributed by atoms with Crippen LogP contribution in [0, 0.1) is 0 Å². The molecule has 108 valence electrons. The molecule has 6 nitrogen and oxygen atoms in total. The third kappa shape index (κ3) is 1.60. The van der Waals surface area contributed by atoms with E-state index in [0.717, 1.165) is 0 Å². The molecule has 22 heavy (non-hydrogen) atoms. The maximum atomic E-state index is 11.9. The lowest BCUT2D eigenvalue weighted by Gasteiger charge is -2.14. The quantitative estimate of drug-likeness (QED) is 0.577. The zero-order valence-electron chi connectivity index (χ0n) is 11.2. The second-order valence-electron chi connectivity index (χ2n) is 5.12. The van der Waals surface area contributed by atoms with Gasteiger partial charge in [-0.2, -0.15) is 0 Å². The van der Waals surface area contributed by atoms with E-state index >= 15 is 0 Å². The Hall–Kier alpha value is -3.02. The van der Waals surface area contributed by atoms with E-state index in [4.69, 9.17) is 0 Å². The molecule has 1 aromatic rings. The van der Waals surface area contributed by atoms with Gasteiger partial charge in [0.25, 0.3) is 0 Å². The largest absolute Gasteiger partial charge is 0.386 e. The van der Waals surface area contributed by atoms with E-state index in [1.165, 1.54) is 12.1 Å². The van der Waals surface area contributed by atoms with Crippen LogP contribution in [-0.4, -0.2) is 23.9 Å². The zero-order valence-corrected chi connectivity index (χ0v) is 11.2. The average molecular weight is 296 g/mol. The molecule has 2 aliphatic heterocycles. The topological polar surface area (TPSA) is 86.7 Å². The van der Waals surface area contributed by atoms with Crippen LogP contribution < -0.4 is 0 Å². The predicted molar refractivity (Wildman–Crippen MR) is 71.5 cm³/mol. The van der Waals surface area contributed by atoms with Crippen LogP contribution in [0.25, 0.3) is 5.57 Å². The van der Waals surface area contributed by atoms with E-state index in [1.54, 1.807) is 12.1 Å². The molecule has 0 aromatic heterocycles. The van der Waals surface area contributed by atoms with Crippen LogP contribution in [0.5, 0.6) is 0 Å². The molecule has 1 aromatic carbocycles. The number of hydrogen-bond acceptors (Lipinski definition) is 6. The van der Waals surface area contributed by atoms with Gasteiger partial charge in [-0.05, 0) is 36.1 Å². The average Bonchev–Trinajstić information content (AvgIpc) is 2.96. The predicted octanol–water partition coefficient (Wildman–Crippen LogP) is 1.55. The Morgan fingerprint density at radius 3 is 2.36 bits per heavy atom. The van der Waals surface area contributed by atoms with E-state index in [2.05, 4.69) is 9.47 Å². The number of carbonyl (C=O) groups is 4. The second kappa shape index (κ2) is 4.24. The first kappa shape index (κ1) is 12.7. The number of fused-ring (bicyclic) bond motifs is 2. The number of ether oxygens (including phenoxy) is 2. The number of allylic oxidation sites excluding steroid dienone is 2. The van der Waals surface area contributed by atoms with Crippen molar-refractivity contribution in [2.75, 3.05) is 0 Å². The SMILES string of the molecule is O=C1OC(=O)C2=C(c3ccc4c(c3)C(=O)OC4=O)CCC=C12. The van der Waals surface area contributed by atoms with Crippen molar-refractivity contribution in [3.63, 3.8) is 0 Å². The highest BCUT2D eigenvalue weighted by Gasteiger charge is 2.38. The molecule has 1 fully saturated rings. The first-order valence-electron chi connectivity index (χ1n) is 6.67. The minimum absolute atomic E-state index is 0.171. The second-order valence-corrected chi connectivity index (χ2v) is 5.12. The third-order valence-electron chi connectivity index (χ3n) is 3.92. The molecular formula is C16H8O6. The monoisotopic (exact) mass is 296 g/mol. The fourth-order valence-corrected chi connectivity index (χ4v) is 2.92. The van der Waals surface area contributed by atoms with Gasteiger partial charge < -0.3 is 9.47 Å². The van der Waals surface area contributed by atoms with Gasteiger partial charge in [0.15, 0.2) is 0 Å². The Balaban J connectivity index is 1.90. The number of hydrogen-bond donors (Lipinski definition) is 0. The molecule has 0 atom stereocenters. The van der Waals surface area contributed by atoms with Crippen LogP contribution in [0.2, 0.25) is 0 Å². The fourth-order valence-electron chi connectivity index (χ4n) is 2.92. The van der Waals surface area contributed by atoms with Crippen LogP contribution in [0.3, 0.4) is 0 Å². The molecule has 0 saturated carbocycles. The minimum Gasteiger partial charge on any atom is -0.386 e. The molecule has 1 saturated heterocycles. The lowest BCUT2D eigenvalue weighted by atomic mass is 9.87. The number of benzene rings is 1. The van der Waals surface area contributed by atoms with Gasteiger partial charge >= 0.3 is 23.9 Å². The van der Waals surface area contributed by atoms with Gasteiger partial charge in [0.1, 0.15) is 0 Å². The molecule has 3 aliphatic rings. The van der Waals surface area contributed by atoms with Crippen molar-refractivity contribution in [3.8, 4) is 0 Å². The van der Waals surface area contributed by atoms with Gasteiger partial charge in [-0.1, -0.05) is 12.1 Å². The van der Waals surface area contributed by atoms with Crippen LogP contribution >= 0.6 is 0 Å². The van der Waals surface area contributed by atoms with Gasteiger partial charge in [-0.15, -0.1) is 0 Å². The van der Waals surface area contributed by atoms with Gasteiger partial charge in [0.05, 0.1) is 22.3 Å². The minimum atomic E-state index is -0.705. The molecule has 0 spiro atoms. The highest BCUT2D eigenvalue weighted by molar-refractivity contribution is 6.22. The summed E-state index contributed by atoms with van der Waals surface area (Å²) in [5.41, 5.74) is 2.14. The summed E-state index contributed by atoms with van der Waals surface area (Å²) in [5.74, 6) is -2.70. The molecule has 0 amide bonds. The maximum Gasteiger partial charge on any atom is 0.347 e. The van der Waals surface area contributed by atoms with Crippen molar-refractivity contribution >= 4 is 29.5 Å². The fraction of sp³-hybridized carbons (Fsp3) is 0.125. The molecule has 2 heterocycles. The normalized spacial score (nSPS) is 19.7. The summed E-state index contributed by atoms with van der Waals surface area (Å²) in [6, 6.07) is 4.65. The summed E-state index contributed by atoms with van der Waals surface area (Å²) < 4.78 is 9.19. The molecule has 4 rings (SSSR count). The summed E-state index contributed by atoms with van der Waals surface area (Å²) in [7, 11) is 0. The molecular weight excluding hydrogens is 288 g/mol. The van der Waals surface area contributed by atoms with Gasteiger partial charge in [-0.3, -0.25) is 0 Å². The lowest BCUT2D eigenvalue weighted by Crippen LogP contribution is -2.05. The van der Waals surface area contributed by atoms with Crippen LogP contribution in [0.15, 0.2) is 35.4 Å². The smallest absolute Gasteiger partial charge is 0.347 e.